The van der Waals surface area contributed by atoms with Gasteiger partial charge in [0.05, 0.1) is 25.2 Å². The summed E-state index contributed by atoms with van der Waals surface area (Å²) in [6.45, 7) is 1.54. The third-order valence-corrected chi connectivity index (χ3v) is 2.31. The minimum atomic E-state index is 0.297. The standard InChI is InChI=1S/C9H11N3O/c10-4-9-5-11-7-12(9)8-2-1-3-13-6-8/h5,7-8H,1-3,6H2. The second kappa shape index (κ2) is 3.58. The smallest absolute Gasteiger partial charge is 0.140 e. The van der Waals surface area contributed by atoms with Crippen molar-refractivity contribution in [1.82, 2.24) is 9.55 Å². The van der Waals surface area contributed by atoms with Crippen LogP contribution in [0.5, 0.6) is 0 Å². The van der Waals surface area contributed by atoms with Crippen LogP contribution in [-0.4, -0.2) is 22.8 Å². The SMILES string of the molecule is N#Cc1cncn1C1CCCOC1. The molecule has 0 spiro atoms. The first-order chi connectivity index (χ1) is 6.42. The van der Waals surface area contributed by atoms with Crippen molar-refractivity contribution >= 4 is 0 Å². The van der Waals surface area contributed by atoms with Gasteiger partial charge in [-0.3, -0.25) is 0 Å². The van der Waals surface area contributed by atoms with Crippen molar-refractivity contribution in [3.63, 3.8) is 0 Å². The van der Waals surface area contributed by atoms with E-state index in [1.165, 1.54) is 0 Å². The Hall–Kier alpha value is -1.34. The Morgan fingerprint density at radius 1 is 1.69 bits per heavy atom. The van der Waals surface area contributed by atoms with Crippen molar-refractivity contribution in [2.45, 2.75) is 18.9 Å². The van der Waals surface area contributed by atoms with Crippen LogP contribution < -0.4 is 0 Å². The fourth-order valence-electron chi connectivity index (χ4n) is 1.63. The predicted octanol–water partition coefficient (Wildman–Crippen LogP) is 1.11. The number of imidazole rings is 1. The Morgan fingerprint density at radius 2 is 2.62 bits per heavy atom. The van der Waals surface area contributed by atoms with E-state index in [0.717, 1.165) is 19.4 Å². The van der Waals surface area contributed by atoms with E-state index in [2.05, 4.69) is 11.1 Å². The van der Waals surface area contributed by atoms with Crippen LogP contribution in [0, 0.1) is 11.3 Å². The molecule has 0 N–H and O–H groups in total. The molecule has 2 heterocycles. The second-order valence-electron chi connectivity index (χ2n) is 3.17. The summed E-state index contributed by atoms with van der Waals surface area (Å²) in [7, 11) is 0. The van der Waals surface area contributed by atoms with Crippen molar-refractivity contribution < 1.29 is 4.74 Å². The molecule has 0 radical (unpaired) electrons. The number of nitriles is 1. The molecule has 2 rings (SSSR count). The van der Waals surface area contributed by atoms with Crippen LogP contribution in [0.2, 0.25) is 0 Å². The molecule has 1 aliphatic rings. The summed E-state index contributed by atoms with van der Waals surface area (Å²) in [6, 6.07) is 2.41. The minimum absolute atomic E-state index is 0.297. The number of nitrogens with zero attached hydrogens (tertiary/aromatic N) is 3. The van der Waals surface area contributed by atoms with Crippen LogP contribution in [0.1, 0.15) is 24.6 Å². The minimum Gasteiger partial charge on any atom is -0.379 e. The molecule has 0 amide bonds. The summed E-state index contributed by atoms with van der Waals surface area (Å²) >= 11 is 0. The molecule has 1 unspecified atom stereocenters. The molecule has 4 nitrogen and oxygen atoms in total. The fourth-order valence-corrected chi connectivity index (χ4v) is 1.63. The molecule has 1 atom stereocenters. The van der Waals surface area contributed by atoms with Gasteiger partial charge in [0.15, 0.2) is 0 Å². The Bertz CT molecular complexity index is 320. The van der Waals surface area contributed by atoms with Gasteiger partial charge in [-0.2, -0.15) is 5.26 Å². The largest absolute Gasteiger partial charge is 0.379 e. The van der Waals surface area contributed by atoms with E-state index in [1.807, 2.05) is 4.57 Å². The first-order valence-corrected chi connectivity index (χ1v) is 4.41. The van der Waals surface area contributed by atoms with Crippen LogP contribution in [0.4, 0.5) is 0 Å². The molecular weight excluding hydrogens is 166 g/mol. The van der Waals surface area contributed by atoms with Crippen molar-refractivity contribution in [3.8, 4) is 6.07 Å². The van der Waals surface area contributed by atoms with Crippen molar-refractivity contribution in [3.05, 3.63) is 18.2 Å². The van der Waals surface area contributed by atoms with E-state index in [9.17, 15) is 0 Å². The first kappa shape index (κ1) is 8.27. The Balaban J connectivity index is 2.19. The zero-order valence-corrected chi connectivity index (χ0v) is 7.31. The normalized spacial score (nSPS) is 22.5. The van der Waals surface area contributed by atoms with Crippen LogP contribution in [0.25, 0.3) is 0 Å². The zero-order chi connectivity index (χ0) is 9.10. The van der Waals surface area contributed by atoms with E-state index in [0.29, 0.717) is 18.3 Å². The van der Waals surface area contributed by atoms with E-state index in [-0.39, 0.29) is 0 Å². The maximum Gasteiger partial charge on any atom is 0.140 e. The van der Waals surface area contributed by atoms with Gasteiger partial charge < -0.3 is 9.30 Å². The van der Waals surface area contributed by atoms with Gasteiger partial charge in [0, 0.05) is 6.61 Å². The average Bonchev–Trinajstić information content (AvgIpc) is 2.67. The van der Waals surface area contributed by atoms with E-state index < -0.39 is 0 Å². The summed E-state index contributed by atoms with van der Waals surface area (Å²) in [4.78, 5) is 3.95. The molecule has 1 saturated heterocycles. The monoisotopic (exact) mass is 177 g/mol. The lowest BCUT2D eigenvalue weighted by Gasteiger charge is -2.23. The third-order valence-electron chi connectivity index (χ3n) is 2.31. The number of aromatic nitrogens is 2. The van der Waals surface area contributed by atoms with Crippen LogP contribution in [-0.2, 0) is 4.74 Å². The van der Waals surface area contributed by atoms with Crippen molar-refractivity contribution in [2.24, 2.45) is 0 Å². The van der Waals surface area contributed by atoms with Gasteiger partial charge in [-0.25, -0.2) is 4.98 Å². The summed E-state index contributed by atoms with van der Waals surface area (Å²) in [5.41, 5.74) is 0.621. The fraction of sp³-hybridized carbons (Fsp3) is 0.556. The molecule has 1 aromatic rings. The summed E-state index contributed by atoms with van der Waals surface area (Å²) < 4.78 is 7.25. The molecule has 0 aromatic carbocycles. The summed E-state index contributed by atoms with van der Waals surface area (Å²) in [5, 5.41) is 8.79. The Labute approximate surface area is 76.8 Å². The molecule has 0 saturated carbocycles. The van der Waals surface area contributed by atoms with Crippen molar-refractivity contribution in [1.29, 1.82) is 5.26 Å². The van der Waals surface area contributed by atoms with E-state index >= 15 is 0 Å². The quantitative estimate of drug-likeness (QED) is 0.645. The highest BCUT2D eigenvalue weighted by Crippen LogP contribution is 2.20. The molecule has 0 bridgehead atoms. The third kappa shape index (κ3) is 1.56. The highest BCUT2D eigenvalue weighted by Gasteiger charge is 2.17. The lowest BCUT2D eigenvalue weighted by atomic mass is 10.1. The molecule has 1 fully saturated rings. The van der Waals surface area contributed by atoms with Gasteiger partial charge in [-0.15, -0.1) is 0 Å². The van der Waals surface area contributed by atoms with Crippen LogP contribution >= 0.6 is 0 Å². The van der Waals surface area contributed by atoms with Crippen LogP contribution in [0.3, 0.4) is 0 Å². The molecule has 68 valence electrons. The number of hydrogen-bond acceptors (Lipinski definition) is 3. The van der Waals surface area contributed by atoms with Gasteiger partial charge in [0.1, 0.15) is 11.8 Å². The lowest BCUT2D eigenvalue weighted by molar-refractivity contribution is 0.0589. The Kier molecular flexibility index (Phi) is 2.28. The average molecular weight is 177 g/mol. The highest BCUT2D eigenvalue weighted by molar-refractivity contribution is 5.18. The molecule has 1 aromatic heterocycles. The van der Waals surface area contributed by atoms with Gasteiger partial charge >= 0.3 is 0 Å². The zero-order valence-electron chi connectivity index (χ0n) is 7.31. The molecular formula is C9H11N3O. The second-order valence-corrected chi connectivity index (χ2v) is 3.17. The molecule has 13 heavy (non-hydrogen) atoms. The number of hydrogen-bond donors (Lipinski definition) is 0. The topological polar surface area (TPSA) is 50.8 Å². The maximum atomic E-state index is 8.79. The highest BCUT2D eigenvalue weighted by atomic mass is 16.5. The number of ether oxygens (including phenoxy) is 1. The van der Waals surface area contributed by atoms with Gasteiger partial charge in [-0.1, -0.05) is 0 Å². The van der Waals surface area contributed by atoms with Crippen LogP contribution in [0.15, 0.2) is 12.5 Å². The molecule has 1 aliphatic heterocycles. The number of rotatable bonds is 1. The Morgan fingerprint density at radius 3 is 3.31 bits per heavy atom. The predicted molar refractivity (Wildman–Crippen MR) is 46.0 cm³/mol. The molecule has 4 heteroatoms. The first-order valence-electron chi connectivity index (χ1n) is 4.41. The van der Waals surface area contributed by atoms with Crippen molar-refractivity contribution in [2.75, 3.05) is 13.2 Å². The maximum absolute atomic E-state index is 8.79. The summed E-state index contributed by atoms with van der Waals surface area (Å²) in [5.74, 6) is 0. The summed E-state index contributed by atoms with van der Waals surface area (Å²) in [6.07, 6.45) is 5.44. The van der Waals surface area contributed by atoms with Gasteiger partial charge in [0.25, 0.3) is 0 Å². The van der Waals surface area contributed by atoms with E-state index in [1.54, 1.807) is 12.5 Å². The van der Waals surface area contributed by atoms with Gasteiger partial charge in [-0.05, 0) is 12.8 Å². The van der Waals surface area contributed by atoms with Gasteiger partial charge in [0.2, 0.25) is 0 Å². The lowest BCUT2D eigenvalue weighted by Crippen LogP contribution is -2.21. The van der Waals surface area contributed by atoms with E-state index in [4.69, 9.17) is 10.00 Å². The molecule has 0 aliphatic carbocycles.